The van der Waals surface area contributed by atoms with Crippen molar-refractivity contribution in [3.63, 3.8) is 0 Å². The van der Waals surface area contributed by atoms with Gasteiger partial charge in [-0.1, -0.05) is 32.0 Å². The summed E-state index contributed by atoms with van der Waals surface area (Å²) in [5.74, 6) is 6.15. The number of fused-ring (bicyclic) bond motifs is 1. The molecule has 108 valence electrons. The molecule has 3 N–H and O–H groups in total. The molecule has 2 aromatic rings. The van der Waals surface area contributed by atoms with Crippen molar-refractivity contribution in [3.8, 4) is 0 Å². The third-order valence-corrected chi connectivity index (χ3v) is 3.62. The third kappa shape index (κ3) is 2.62. The van der Waals surface area contributed by atoms with E-state index in [1.807, 2.05) is 6.92 Å². The Morgan fingerprint density at radius 3 is 2.70 bits per heavy atom. The van der Waals surface area contributed by atoms with Gasteiger partial charge in [-0.15, -0.1) is 0 Å². The fourth-order valence-electron chi connectivity index (χ4n) is 2.75. The van der Waals surface area contributed by atoms with Gasteiger partial charge in [-0.05, 0) is 24.8 Å². The molecule has 0 aliphatic carbocycles. The summed E-state index contributed by atoms with van der Waals surface area (Å²) in [5.41, 5.74) is 8.28. The lowest BCUT2D eigenvalue weighted by Gasteiger charge is -2.18. The minimum Gasteiger partial charge on any atom is -0.384 e. The monoisotopic (exact) mass is 273 g/mol. The Morgan fingerprint density at radius 1 is 1.35 bits per heavy atom. The highest BCUT2D eigenvalue weighted by Crippen LogP contribution is 2.34. The van der Waals surface area contributed by atoms with Crippen LogP contribution in [0.5, 0.6) is 0 Å². The number of para-hydroxylation sites is 1. The summed E-state index contributed by atoms with van der Waals surface area (Å²) in [5, 5.41) is 1.08. The topological polar surface area (TPSA) is 60.2 Å². The Labute approximate surface area is 120 Å². The van der Waals surface area contributed by atoms with E-state index in [-0.39, 0.29) is 0 Å². The van der Waals surface area contributed by atoms with Crippen LogP contribution >= 0.6 is 0 Å². The highest BCUT2D eigenvalue weighted by atomic mass is 16.5. The van der Waals surface area contributed by atoms with Gasteiger partial charge in [0, 0.05) is 23.8 Å². The molecule has 2 rings (SSSR count). The molecule has 20 heavy (non-hydrogen) atoms. The number of benzene rings is 1. The molecule has 0 saturated heterocycles. The maximum atomic E-state index is 5.77. The van der Waals surface area contributed by atoms with Crippen LogP contribution in [0.2, 0.25) is 0 Å². The molecule has 0 saturated carbocycles. The maximum absolute atomic E-state index is 5.77. The van der Waals surface area contributed by atoms with Crippen LogP contribution in [0.3, 0.4) is 0 Å². The van der Waals surface area contributed by atoms with Crippen LogP contribution in [-0.4, -0.2) is 18.7 Å². The minimum atomic E-state index is 0.376. The number of anilines is 1. The first-order valence-electron chi connectivity index (χ1n) is 6.97. The van der Waals surface area contributed by atoms with E-state index in [4.69, 9.17) is 15.6 Å². The van der Waals surface area contributed by atoms with E-state index in [0.29, 0.717) is 12.5 Å². The molecule has 4 nitrogen and oxygen atoms in total. The molecule has 0 atom stereocenters. The number of nitrogens with one attached hydrogen (secondary N) is 1. The molecule has 1 aromatic carbocycles. The van der Waals surface area contributed by atoms with Gasteiger partial charge in [-0.3, -0.25) is 10.8 Å². The molecular formula is C16H23N3O. The third-order valence-electron chi connectivity index (χ3n) is 3.62. The van der Waals surface area contributed by atoms with E-state index in [2.05, 4.69) is 37.5 Å². The molecule has 0 aliphatic heterocycles. The van der Waals surface area contributed by atoms with Gasteiger partial charge < -0.3 is 10.2 Å². The zero-order valence-corrected chi connectivity index (χ0v) is 12.7. The number of aromatic nitrogens is 1. The summed E-state index contributed by atoms with van der Waals surface area (Å²) in [7, 11) is 1.72. The maximum Gasteiger partial charge on any atom is 0.0759 e. The molecule has 0 radical (unpaired) electrons. The Morgan fingerprint density at radius 2 is 2.10 bits per heavy atom. The summed E-state index contributed by atoms with van der Waals surface area (Å²) < 4.78 is 5.18. The normalized spacial score (nSPS) is 11.3. The highest BCUT2D eigenvalue weighted by Gasteiger charge is 2.16. The quantitative estimate of drug-likeness (QED) is 0.649. The van der Waals surface area contributed by atoms with Gasteiger partial charge in [0.05, 0.1) is 17.8 Å². The Balaban J connectivity index is 2.70. The molecule has 1 heterocycles. The summed E-state index contributed by atoms with van der Waals surface area (Å²) >= 11 is 0. The van der Waals surface area contributed by atoms with E-state index in [1.54, 1.807) is 7.11 Å². The van der Waals surface area contributed by atoms with Crippen molar-refractivity contribution in [2.75, 3.05) is 19.1 Å². The molecule has 0 aliphatic rings. The van der Waals surface area contributed by atoms with E-state index >= 15 is 0 Å². The summed E-state index contributed by atoms with van der Waals surface area (Å²) in [6.07, 6.45) is 0.852. The number of nitrogens with zero attached hydrogens (tertiary/aromatic N) is 1. The van der Waals surface area contributed by atoms with Crippen molar-refractivity contribution in [1.29, 1.82) is 0 Å². The Kier molecular flexibility index (Phi) is 4.57. The summed E-state index contributed by atoms with van der Waals surface area (Å²) in [6.45, 7) is 7.05. The number of rotatable bonds is 5. The van der Waals surface area contributed by atoms with Crippen LogP contribution in [0.1, 0.15) is 36.6 Å². The lowest BCUT2D eigenvalue weighted by Crippen LogP contribution is -2.13. The summed E-state index contributed by atoms with van der Waals surface area (Å²) in [4.78, 5) is 4.81. The number of nitrogen functional groups attached to an aromatic ring is 1. The van der Waals surface area contributed by atoms with Crippen LogP contribution < -0.4 is 11.3 Å². The lowest BCUT2D eigenvalue weighted by molar-refractivity contribution is 0.202. The van der Waals surface area contributed by atoms with Crippen molar-refractivity contribution in [2.45, 2.75) is 33.1 Å². The number of nitrogens with two attached hydrogens (primary N) is 1. The zero-order chi connectivity index (χ0) is 14.7. The minimum absolute atomic E-state index is 0.376. The van der Waals surface area contributed by atoms with Gasteiger partial charge in [0.15, 0.2) is 0 Å². The molecule has 0 spiro atoms. The standard InChI is InChI=1S/C16H23N3O/c1-10(2)14-11(3)18-15-12(8-9-20-4)6-5-7-13(15)16(14)19-17/h5-7,10H,8-9,17H2,1-4H3,(H,18,19). The number of hydrogen-bond acceptors (Lipinski definition) is 4. The second-order valence-corrected chi connectivity index (χ2v) is 5.34. The Bertz CT molecular complexity index is 608. The average Bonchev–Trinajstić information content (AvgIpc) is 2.43. The second kappa shape index (κ2) is 6.20. The smallest absolute Gasteiger partial charge is 0.0759 e. The van der Waals surface area contributed by atoms with Gasteiger partial charge in [-0.2, -0.15) is 0 Å². The van der Waals surface area contributed by atoms with Gasteiger partial charge in [0.1, 0.15) is 0 Å². The molecule has 4 heteroatoms. The molecule has 0 amide bonds. The molecule has 1 aromatic heterocycles. The van der Waals surface area contributed by atoms with E-state index in [1.165, 1.54) is 11.1 Å². The fourth-order valence-corrected chi connectivity index (χ4v) is 2.75. The van der Waals surface area contributed by atoms with Gasteiger partial charge in [0.25, 0.3) is 0 Å². The van der Waals surface area contributed by atoms with Crippen LogP contribution in [0.15, 0.2) is 18.2 Å². The fraction of sp³-hybridized carbons (Fsp3) is 0.438. The van der Waals surface area contributed by atoms with Crippen molar-refractivity contribution >= 4 is 16.6 Å². The van der Waals surface area contributed by atoms with E-state index < -0.39 is 0 Å². The van der Waals surface area contributed by atoms with Crippen molar-refractivity contribution in [3.05, 3.63) is 35.0 Å². The lowest BCUT2D eigenvalue weighted by atomic mass is 9.95. The summed E-state index contributed by atoms with van der Waals surface area (Å²) in [6, 6.07) is 6.22. The molecule has 0 fully saturated rings. The predicted octanol–water partition coefficient (Wildman–Crippen LogP) is 3.14. The largest absolute Gasteiger partial charge is 0.384 e. The van der Waals surface area contributed by atoms with Crippen molar-refractivity contribution in [2.24, 2.45) is 5.84 Å². The second-order valence-electron chi connectivity index (χ2n) is 5.34. The highest BCUT2D eigenvalue weighted by molar-refractivity contribution is 5.95. The van der Waals surface area contributed by atoms with Crippen LogP contribution in [0, 0.1) is 6.92 Å². The number of methoxy groups -OCH3 is 1. The van der Waals surface area contributed by atoms with Crippen molar-refractivity contribution in [1.82, 2.24) is 4.98 Å². The van der Waals surface area contributed by atoms with E-state index in [9.17, 15) is 0 Å². The van der Waals surface area contributed by atoms with Crippen LogP contribution in [0.4, 0.5) is 5.69 Å². The first-order valence-corrected chi connectivity index (χ1v) is 6.97. The molecular weight excluding hydrogens is 250 g/mol. The number of pyridine rings is 1. The Hall–Kier alpha value is -1.65. The average molecular weight is 273 g/mol. The first-order chi connectivity index (χ1) is 9.60. The predicted molar refractivity (Wildman–Crippen MR) is 84.0 cm³/mol. The molecule has 0 unspecified atom stereocenters. The van der Waals surface area contributed by atoms with Crippen LogP contribution in [-0.2, 0) is 11.2 Å². The van der Waals surface area contributed by atoms with Gasteiger partial charge >= 0.3 is 0 Å². The van der Waals surface area contributed by atoms with Crippen LogP contribution in [0.25, 0.3) is 10.9 Å². The van der Waals surface area contributed by atoms with Gasteiger partial charge in [0.2, 0.25) is 0 Å². The number of aryl methyl sites for hydroxylation is 1. The van der Waals surface area contributed by atoms with E-state index in [0.717, 1.165) is 28.7 Å². The first kappa shape index (κ1) is 14.8. The zero-order valence-electron chi connectivity index (χ0n) is 12.7. The number of hydrazine groups is 1. The number of hydrogen-bond donors (Lipinski definition) is 2. The number of ether oxygens (including phenoxy) is 1. The van der Waals surface area contributed by atoms with Gasteiger partial charge in [-0.25, -0.2) is 0 Å². The molecule has 0 bridgehead atoms. The van der Waals surface area contributed by atoms with Crippen molar-refractivity contribution < 1.29 is 4.74 Å². The SMILES string of the molecule is COCCc1cccc2c(NN)c(C(C)C)c(C)nc12.